The normalized spacial score (nSPS) is 14.2. The number of hydrogen-bond donors (Lipinski definition) is 0. The molecule has 2 nitrogen and oxygen atoms in total. The van der Waals surface area contributed by atoms with Crippen molar-refractivity contribution < 1.29 is 13.9 Å². The van der Waals surface area contributed by atoms with Crippen molar-refractivity contribution in [2.24, 2.45) is 0 Å². The van der Waals surface area contributed by atoms with E-state index in [1.165, 1.54) is 6.08 Å². The van der Waals surface area contributed by atoms with Crippen LogP contribution in [-0.2, 0) is 9.53 Å². The van der Waals surface area contributed by atoms with Gasteiger partial charge in [-0.2, -0.15) is 0 Å². The van der Waals surface area contributed by atoms with Crippen LogP contribution in [0.2, 0.25) is 0 Å². The second kappa shape index (κ2) is 5.75. The number of allylic oxidation sites excluding steroid dienone is 1. The maximum Gasteiger partial charge on any atom is 0.333 e. The molecule has 0 amide bonds. The van der Waals surface area contributed by atoms with Gasteiger partial charge >= 0.3 is 5.97 Å². The topological polar surface area (TPSA) is 26.3 Å². The Bertz CT molecular complexity index is 175. The Morgan fingerprint density at radius 2 is 2.17 bits per heavy atom. The second-order valence-corrected chi connectivity index (χ2v) is 2.49. The van der Waals surface area contributed by atoms with Crippen LogP contribution in [0, 0.1) is 0 Å². The fourth-order valence-electron chi connectivity index (χ4n) is 0.702. The first-order valence-corrected chi connectivity index (χ1v) is 4.11. The molecular formula is C9H15FO2. The average molecular weight is 174 g/mol. The van der Waals surface area contributed by atoms with Crippen LogP contribution in [0.1, 0.15) is 27.2 Å². The van der Waals surface area contributed by atoms with Gasteiger partial charge in [-0.3, -0.25) is 0 Å². The van der Waals surface area contributed by atoms with Crippen LogP contribution in [-0.4, -0.2) is 18.7 Å². The zero-order chi connectivity index (χ0) is 9.56. The molecule has 0 bridgehead atoms. The number of carbonyl (C=O) groups is 1. The molecule has 12 heavy (non-hydrogen) atoms. The highest BCUT2D eigenvalue weighted by molar-refractivity contribution is 5.87. The van der Waals surface area contributed by atoms with Crippen LogP contribution in [0.4, 0.5) is 4.39 Å². The van der Waals surface area contributed by atoms with Crippen molar-refractivity contribution in [1.29, 1.82) is 0 Å². The van der Waals surface area contributed by atoms with Crippen molar-refractivity contribution in [1.82, 2.24) is 0 Å². The Labute approximate surface area is 72.4 Å². The number of halogens is 1. The van der Waals surface area contributed by atoms with Gasteiger partial charge in [-0.05, 0) is 26.3 Å². The van der Waals surface area contributed by atoms with E-state index >= 15 is 0 Å². The number of rotatable bonds is 4. The molecule has 0 rings (SSSR count). The molecule has 0 aromatic carbocycles. The fraction of sp³-hybridized carbons (Fsp3) is 0.667. The average Bonchev–Trinajstić information content (AvgIpc) is 2.04. The van der Waals surface area contributed by atoms with Crippen molar-refractivity contribution in [3.05, 3.63) is 11.6 Å². The summed E-state index contributed by atoms with van der Waals surface area (Å²) in [6, 6.07) is 0. The van der Waals surface area contributed by atoms with Gasteiger partial charge in [0.1, 0.15) is 6.17 Å². The van der Waals surface area contributed by atoms with Gasteiger partial charge in [-0.15, -0.1) is 0 Å². The van der Waals surface area contributed by atoms with E-state index in [2.05, 4.69) is 4.74 Å². The van der Waals surface area contributed by atoms with E-state index in [-0.39, 0.29) is 0 Å². The minimum Gasteiger partial charge on any atom is -0.463 e. The number of hydrogen-bond acceptors (Lipinski definition) is 2. The smallest absolute Gasteiger partial charge is 0.333 e. The van der Waals surface area contributed by atoms with Crippen molar-refractivity contribution in [2.45, 2.75) is 33.4 Å². The molecule has 0 fully saturated rings. The van der Waals surface area contributed by atoms with E-state index < -0.39 is 12.1 Å². The molecule has 0 aromatic heterocycles. The maximum absolute atomic E-state index is 12.7. The van der Waals surface area contributed by atoms with Gasteiger partial charge in [0.05, 0.1) is 6.61 Å². The third-order valence-corrected chi connectivity index (χ3v) is 1.42. The number of alkyl halides is 1. The summed E-state index contributed by atoms with van der Waals surface area (Å²) in [5.74, 6) is -0.436. The Balaban J connectivity index is 4.07. The molecular weight excluding hydrogens is 159 g/mol. The molecule has 0 N–H and O–H groups in total. The van der Waals surface area contributed by atoms with Crippen LogP contribution in [0.5, 0.6) is 0 Å². The van der Waals surface area contributed by atoms with Crippen molar-refractivity contribution in [2.75, 3.05) is 6.61 Å². The highest BCUT2D eigenvalue weighted by Gasteiger charge is 2.07. The molecule has 1 unspecified atom stereocenters. The molecule has 0 aromatic rings. The monoisotopic (exact) mass is 174 g/mol. The van der Waals surface area contributed by atoms with Gasteiger partial charge < -0.3 is 4.74 Å². The maximum atomic E-state index is 12.7. The first kappa shape index (κ1) is 11.1. The van der Waals surface area contributed by atoms with E-state index in [1.54, 1.807) is 20.8 Å². The third-order valence-electron chi connectivity index (χ3n) is 1.42. The van der Waals surface area contributed by atoms with E-state index in [1.807, 2.05) is 0 Å². The van der Waals surface area contributed by atoms with Crippen LogP contribution < -0.4 is 0 Å². The Hall–Kier alpha value is -0.860. The molecule has 0 aliphatic heterocycles. The van der Waals surface area contributed by atoms with Crippen molar-refractivity contribution >= 4 is 5.97 Å². The molecule has 0 aliphatic carbocycles. The van der Waals surface area contributed by atoms with E-state index in [4.69, 9.17) is 0 Å². The lowest BCUT2D eigenvalue weighted by atomic mass is 10.2. The predicted octanol–water partition coefficient (Wildman–Crippen LogP) is 2.24. The first-order chi connectivity index (χ1) is 5.61. The largest absolute Gasteiger partial charge is 0.463 e. The lowest BCUT2D eigenvalue weighted by Crippen LogP contribution is -2.07. The zero-order valence-corrected chi connectivity index (χ0v) is 7.76. The van der Waals surface area contributed by atoms with Gasteiger partial charge in [0.15, 0.2) is 0 Å². The van der Waals surface area contributed by atoms with Gasteiger partial charge in [0.25, 0.3) is 0 Å². The summed E-state index contributed by atoms with van der Waals surface area (Å²) >= 11 is 0. The lowest BCUT2D eigenvalue weighted by molar-refractivity contribution is -0.138. The summed E-state index contributed by atoms with van der Waals surface area (Å²) in [4.78, 5) is 10.9. The van der Waals surface area contributed by atoms with E-state index in [0.29, 0.717) is 18.6 Å². The molecule has 0 radical (unpaired) electrons. The minimum atomic E-state index is -1.05. The van der Waals surface area contributed by atoms with Gasteiger partial charge in [0.2, 0.25) is 0 Å². The van der Waals surface area contributed by atoms with Gasteiger partial charge in [-0.1, -0.05) is 6.92 Å². The minimum absolute atomic E-state index is 0.326. The van der Waals surface area contributed by atoms with Crippen LogP contribution >= 0.6 is 0 Å². The molecule has 1 atom stereocenters. The quantitative estimate of drug-likeness (QED) is 0.482. The molecule has 0 spiro atoms. The summed E-state index contributed by atoms with van der Waals surface area (Å²) in [6.45, 7) is 5.32. The molecule has 3 heteroatoms. The van der Waals surface area contributed by atoms with E-state index in [9.17, 15) is 9.18 Å². The van der Waals surface area contributed by atoms with Gasteiger partial charge in [0, 0.05) is 5.57 Å². The molecule has 0 saturated heterocycles. The Morgan fingerprint density at radius 1 is 1.58 bits per heavy atom. The van der Waals surface area contributed by atoms with Gasteiger partial charge in [-0.25, -0.2) is 9.18 Å². The second-order valence-electron chi connectivity index (χ2n) is 2.49. The van der Waals surface area contributed by atoms with Crippen LogP contribution in [0.25, 0.3) is 0 Å². The number of esters is 1. The van der Waals surface area contributed by atoms with E-state index in [0.717, 1.165) is 0 Å². The SMILES string of the molecule is CCOC(=O)/C(C)=C/C(F)CC. The summed E-state index contributed by atoms with van der Waals surface area (Å²) in [5, 5.41) is 0. The summed E-state index contributed by atoms with van der Waals surface area (Å²) in [6.07, 6.45) is 0.628. The summed E-state index contributed by atoms with van der Waals surface area (Å²) in [5.41, 5.74) is 0.339. The Morgan fingerprint density at radius 3 is 2.58 bits per heavy atom. The molecule has 0 heterocycles. The Kier molecular flexibility index (Phi) is 5.34. The third kappa shape index (κ3) is 4.11. The van der Waals surface area contributed by atoms with Crippen LogP contribution in [0.3, 0.4) is 0 Å². The predicted molar refractivity (Wildman–Crippen MR) is 45.6 cm³/mol. The molecule has 0 aliphatic rings. The summed E-state index contributed by atoms with van der Waals surface area (Å²) in [7, 11) is 0. The first-order valence-electron chi connectivity index (χ1n) is 4.11. The zero-order valence-electron chi connectivity index (χ0n) is 7.76. The standard InChI is InChI=1S/C9H15FO2/c1-4-8(10)6-7(3)9(11)12-5-2/h6,8H,4-5H2,1-3H3/b7-6+. The summed E-state index contributed by atoms with van der Waals surface area (Å²) < 4.78 is 17.4. The molecule has 0 saturated carbocycles. The fourth-order valence-corrected chi connectivity index (χ4v) is 0.702. The highest BCUT2D eigenvalue weighted by atomic mass is 19.1. The number of carbonyl (C=O) groups excluding carboxylic acids is 1. The number of ether oxygens (including phenoxy) is 1. The van der Waals surface area contributed by atoms with Crippen molar-refractivity contribution in [3.8, 4) is 0 Å². The molecule has 70 valence electrons. The van der Waals surface area contributed by atoms with Crippen molar-refractivity contribution in [3.63, 3.8) is 0 Å². The highest BCUT2D eigenvalue weighted by Crippen LogP contribution is 2.04. The van der Waals surface area contributed by atoms with Crippen LogP contribution in [0.15, 0.2) is 11.6 Å². The lowest BCUT2D eigenvalue weighted by Gasteiger charge is -2.02.